The van der Waals surface area contributed by atoms with Crippen molar-refractivity contribution in [3.63, 3.8) is 0 Å². The molecular weight excluding hydrogens is 660 g/mol. The molecule has 0 unspecified atom stereocenters. The SMILES string of the molecule is C=[C]=[Ru](=[c]1n(C2CCCCC2)ccn1C1CCCCC1)(=[c]1n(C2CCCCC2)ccn1C1CCCCC1)[C](C)(C)C.Cl.Cl. The molecule has 2 heterocycles. The Bertz CT molecular complexity index is 1310. The molecule has 0 amide bonds. The van der Waals surface area contributed by atoms with E-state index in [1.165, 1.54) is 128 Å². The van der Waals surface area contributed by atoms with Gasteiger partial charge in [0, 0.05) is 0 Å². The maximum absolute atomic E-state index is 4.75. The summed E-state index contributed by atoms with van der Waals surface area (Å²) >= 11 is -3.14. The predicted molar refractivity (Wildman–Crippen MR) is 185 cm³/mol. The summed E-state index contributed by atoms with van der Waals surface area (Å²) < 4.78 is 18.9. The molecule has 7 heteroatoms. The second kappa shape index (κ2) is 15.2. The fourth-order valence-electron chi connectivity index (χ4n) is 8.69. The minimum absolute atomic E-state index is 0. The predicted octanol–water partition coefficient (Wildman–Crippen LogP) is 11.5. The fraction of sp³-hybridized carbons (Fsp3) is 0.778. The van der Waals surface area contributed by atoms with Gasteiger partial charge in [-0.1, -0.05) is 0 Å². The minimum Gasteiger partial charge on any atom is -0.147 e. The molecular formula is C36H61Cl2N4Ru. The Morgan fingerprint density at radius 2 is 0.744 bits per heavy atom. The average Bonchev–Trinajstić information content (AvgIpc) is 3.65. The summed E-state index contributed by atoms with van der Waals surface area (Å²) in [4.78, 5) is 0. The maximum atomic E-state index is 4.75. The molecule has 0 N–H and O–H groups in total. The van der Waals surface area contributed by atoms with Crippen LogP contribution in [-0.2, 0) is 13.4 Å². The smallest absolute Gasteiger partial charge is 0.147 e. The van der Waals surface area contributed by atoms with Crippen molar-refractivity contribution in [1.82, 2.24) is 18.3 Å². The molecule has 2 aromatic heterocycles. The van der Waals surface area contributed by atoms with Crippen molar-refractivity contribution in [2.45, 2.75) is 177 Å². The quantitative estimate of drug-likeness (QED) is 0.280. The molecule has 4 fully saturated rings. The van der Waals surface area contributed by atoms with E-state index in [0.717, 1.165) is 0 Å². The summed E-state index contributed by atoms with van der Waals surface area (Å²) in [5.41, 5.74) is 0. The first-order chi connectivity index (χ1) is 20.0. The molecule has 0 aliphatic heterocycles. The first kappa shape index (κ1) is 35.1. The van der Waals surface area contributed by atoms with Crippen molar-refractivity contribution < 1.29 is 13.4 Å². The summed E-state index contributed by atoms with van der Waals surface area (Å²) in [5.74, 6) is 0. The normalized spacial score (nSPS) is 22.0. The van der Waals surface area contributed by atoms with E-state index in [-0.39, 0.29) is 28.8 Å². The Hall–Kier alpha value is -0.727. The number of nitrogens with zero attached hydrogens (tertiary/aromatic N) is 4. The van der Waals surface area contributed by atoms with E-state index in [1.807, 2.05) is 0 Å². The van der Waals surface area contributed by atoms with Gasteiger partial charge in [-0.15, -0.1) is 24.8 Å². The van der Waals surface area contributed by atoms with Crippen molar-refractivity contribution in [3.05, 3.63) is 39.4 Å². The van der Waals surface area contributed by atoms with Gasteiger partial charge in [0.15, 0.2) is 0 Å². The van der Waals surface area contributed by atoms with Crippen LogP contribution in [0.3, 0.4) is 0 Å². The van der Waals surface area contributed by atoms with E-state index in [0.29, 0.717) is 24.2 Å². The number of rotatable bonds is 4. The van der Waals surface area contributed by atoms with Crippen LogP contribution in [0.5, 0.6) is 0 Å². The molecule has 4 aliphatic carbocycles. The molecule has 0 radical (unpaired) electrons. The Balaban J connectivity index is 0.00000212. The van der Waals surface area contributed by atoms with Gasteiger partial charge in [0.2, 0.25) is 0 Å². The van der Waals surface area contributed by atoms with Crippen LogP contribution in [0.15, 0.2) is 31.4 Å². The topological polar surface area (TPSA) is 19.7 Å². The third kappa shape index (κ3) is 6.73. The van der Waals surface area contributed by atoms with Gasteiger partial charge in [-0.3, -0.25) is 0 Å². The van der Waals surface area contributed by atoms with Crippen molar-refractivity contribution in [3.8, 4) is 0 Å². The standard InChI is InChI=1S/2C15H24N2.C4H9.C2H2.2ClH.Ru/c2*1-3-7-14(8-4-1)16-11-12-17(13-16)15-9-5-2-6-10-15;1-4(2)3;1-2;;;/h2*11-12,14-15H,1-10H2;1-3H3;1H2;2*1H;. The Morgan fingerprint density at radius 1 is 0.512 bits per heavy atom. The van der Waals surface area contributed by atoms with Crippen LogP contribution >= 0.6 is 24.8 Å². The molecule has 0 bridgehead atoms. The summed E-state index contributed by atoms with van der Waals surface area (Å²) in [5, 5.41) is 0. The van der Waals surface area contributed by atoms with Crippen LogP contribution in [0.25, 0.3) is 0 Å². The first-order valence-corrected chi connectivity index (χ1v) is 20.9. The second-order valence-electron chi connectivity index (χ2n) is 14.6. The number of halogens is 2. The molecule has 247 valence electrons. The number of aromatic nitrogens is 4. The third-order valence-electron chi connectivity index (χ3n) is 10.9. The first-order valence-electron chi connectivity index (χ1n) is 17.5. The average molecular weight is 722 g/mol. The second-order valence-corrected chi connectivity index (χ2v) is 22.0. The molecule has 0 saturated heterocycles. The van der Waals surface area contributed by atoms with Crippen molar-refractivity contribution in [2.24, 2.45) is 0 Å². The van der Waals surface area contributed by atoms with Crippen LogP contribution in [-0.4, -0.2) is 22.5 Å². The Morgan fingerprint density at radius 3 is 0.930 bits per heavy atom. The van der Waals surface area contributed by atoms with Gasteiger partial charge >= 0.3 is 253 Å². The summed E-state index contributed by atoms with van der Waals surface area (Å²) in [6, 6.07) is 2.50. The summed E-state index contributed by atoms with van der Waals surface area (Å²) in [6.45, 7) is 12.4. The molecule has 0 aromatic carbocycles. The molecule has 4 nitrogen and oxygen atoms in total. The number of hydrogen-bond donors (Lipinski definition) is 0. The van der Waals surface area contributed by atoms with E-state index < -0.39 is 13.4 Å². The van der Waals surface area contributed by atoms with Crippen LogP contribution in [0.4, 0.5) is 0 Å². The molecule has 43 heavy (non-hydrogen) atoms. The van der Waals surface area contributed by atoms with Crippen molar-refractivity contribution in [1.29, 1.82) is 0 Å². The molecule has 4 saturated carbocycles. The zero-order chi connectivity index (χ0) is 28.5. The van der Waals surface area contributed by atoms with Gasteiger partial charge in [0.1, 0.15) is 0 Å². The zero-order valence-electron chi connectivity index (χ0n) is 27.4. The van der Waals surface area contributed by atoms with Crippen LogP contribution in [0.2, 0.25) is 4.01 Å². The van der Waals surface area contributed by atoms with Crippen LogP contribution < -0.4 is 0 Å². The van der Waals surface area contributed by atoms with Crippen molar-refractivity contribution >= 4 is 29.1 Å². The summed E-state index contributed by atoms with van der Waals surface area (Å²) in [6.07, 6.45) is 37.3. The van der Waals surface area contributed by atoms with E-state index in [9.17, 15) is 0 Å². The summed E-state index contributed by atoms with van der Waals surface area (Å²) in [7, 11) is 0. The zero-order valence-corrected chi connectivity index (χ0v) is 30.8. The van der Waals surface area contributed by atoms with Gasteiger partial charge in [0.25, 0.3) is 0 Å². The van der Waals surface area contributed by atoms with E-state index in [1.54, 1.807) is 8.03 Å². The molecule has 6 rings (SSSR count). The van der Waals surface area contributed by atoms with Gasteiger partial charge < -0.3 is 0 Å². The molecule has 0 spiro atoms. The van der Waals surface area contributed by atoms with E-state index in [4.69, 9.17) is 6.58 Å². The Labute approximate surface area is 276 Å². The van der Waals surface area contributed by atoms with E-state index in [2.05, 4.69) is 68.1 Å². The van der Waals surface area contributed by atoms with Gasteiger partial charge in [-0.05, 0) is 0 Å². The monoisotopic (exact) mass is 721 g/mol. The van der Waals surface area contributed by atoms with Crippen LogP contribution in [0.1, 0.15) is 173 Å². The Kier molecular flexibility index (Phi) is 12.5. The molecule has 0 atom stereocenters. The molecule has 2 aromatic rings. The van der Waals surface area contributed by atoms with Crippen molar-refractivity contribution in [2.75, 3.05) is 0 Å². The van der Waals surface area contributed by atoms with Crippen LogP contribution in [0, 0.1) is 8.03 Å². The fourth-order valence-corrected chi connectivity index (χ4v) is 17.3. The van der Waals surface area contributed by atoms with Gasteiger partial charge in [-0.25, -0.2) is 0 Å². The maximum Gasteiger partial charge on any atom is -0.147 e. The van der Waals surface area contributed by atoms with Gasteiger partial charge in [0.05, 0.1) is 0 Å². The van der Waals surface area contributed by atoms with Gasteiger partial charge in [-0.2, -0.15) is 0 Å². The van der Waals surface area contributed by atoms with E-state index >= 15 is 0 Å². The minimum atomic E-state index is -3.14. The molecule has 4 aliphatic rings. The largest absolute Gasteiger partial charge is 0.147 e. The number of hydrogen-bond acceptors (Lipinski definition) is 0. The third-order valence-corrected chi connectivity index (χ3v) is 19.9. The number of imidazole rings is 2.